The monoisotopic (exact) mass is 346 g/mol. The first kappa shape index (κ1) is 17.7. The van der Waals surface area contributed by atoms with E-state index in [4.69, 9.17) is 4.74 Å². The van der Waals surface area contributed by atoms with E-state index in [9.17, 15) is 14.7 Å². The average Bonchev–Trinajstić information content (AvgIpc) is 2.99. The van der Waals surface area contributed by atoms with E-state index < -0.39 is 12.0 Å². The molecule has 0 spiro atoms. The summed E-state index contributed by atoms with van der Waals surface area (Å²) in [6.07, 6.45) is 5.04. The van der Waals surface area contributed by atoms with Gasteiger partial charge in [-0.15, -0.1) is 0 Å². The van der Waals surface area contributed by atoms with Crippen molar-refractivity contribution in [3.05, 3.63) is 30.3 Å². The molecule has 1 aliphatic heterocycles. The summed E-state index contributed by atoms with van der Waals surface area (Å²) in [6.45, 7) is 0.959. The predicted octanol–water partition coefficient (Wildman–Crippen LogP) is 1.90. The number of hydrogen-bond acceptors (Lipinski definition) is 4. The van der Waals surface area contributed by atoms with E-state index >= 15 is 0 Å². The zero-order valence-electron chi connectivity index (χ0n) is 14.4. The number of fused-ring (bicyclic) bond motifs is 1. The Morgan fingerprint density at radius 1 is 1.20 bits per heavy atom. The molecule has 1 saturated heterocycles. The lowest BCUT2D eigenvalue weighted by Crippen LogP contribution is -2.48. The van der Waals surface area contributed by atoms with Gasteiger partial charge < -0.3 is 15.2 Å². The molecule has 1 saturated carbocycles. The second-order valence-electron chi connectivity index (χ2n) is 6.89. The molecule has 3 atom stereocenters. The molecule has 6 nitrogen and oxygen atoms in total. The van der Waals surface area contributed by atoms with Crippen LogP contribution in [-0.4, -0.2) is 53.7 Å². The Morgan fingerprint density at radius 3 is 2.72 bits per heavy atom. The SMILES string of the molecule is O=C(CN1C(C(=O)O)CC2CCCCC21)NCCOc1ccccc1. The van der Waals surface area contributed by atoms with Gasteiger partial charge in [0.1, 0.15) is 18.4 Å². The van der Waals surface area contributed by atoms with Crippen molar-refractivity contribution >= 4 is 11.9 Å². The molecule has 2 fully saturated rings. The molecule has 2 aliphatic rings. The molecule has 1 aromatic rings. The molecule has 25 heavy (non-hydrogen) atoms. The van der Waals surface area contributed by atoms with E-state index in [-0.39, 0.29) is 18.5 Å². The minimum atomic E-state index is -0.811. The first-order chi connectivity index (χ1) is 12.1. The fraction of sp³-hybridized carbons (Fsp3) is 0.579. The topological polar surface area (TPSA) is 78.9 Å². The van der Waals surface area contributed by atoms with Crippen molar-refractivity contribution in [1.82, 2.24) is 10.2 Å². The predicted molar refractivity (Wildman–Crippen MR) is 93.4 cm³/mol. The number of carbonyl (C=O) groups excluding carboxylic acids is 1. The van der Waals surface area contributed by atoms with Crippen LogP contribution in [0.3, 0.4) is 0 Å². The van der Waals surface area contributed by atoms with Gasteiger partial charge in [0, 0.05) is 6.04 Å². The Labute approximate surface area is 148 Å². The average molecular weight is 346 g/mol. The second-order valence-corrected chi connectivity index (χ2v) is 6.89. The number of hydrogen-bond donors (Lipinski definition) is 2. The zero-order chi connectivity index (χ0) is 17.6. The summed E-state index contributed by atoms with van der Waals surface area (Å²) in [5.74, 6) is 0.250. The fourth-order valence-electron chi connectivity index (χ4n) is 4.12. The Bertz CT molecular complexity index is 592. The fourth-order valence-corrected chi connectivity index (χ4v) is 4.12. The number of para-hydroxylation sites is 1. The molecule has 0 bridgehead atoms. The summed E-state index contributed by atoms with van der Waals surface area (Å²) in [4.78, 5) is 25.7. The number of benzene rings is 1. The molecule has 0 aromatic heterocycles. The number of carbonyl (C=O) groups is 2. The minimum absolute atomic E-state index is 0.130. The van der Waals surface area contributed by atoms with Gasteiger partial charge in [-0.1, -0.05) is 31.0 Å². The lowest BCUT2D eigenvalue weighted by Gasteiger charge is -2.32. The third-order valence-corrected chi connectivity index (χ3v) is 5.27. The first-order valence-corrected chi connectivity index (χ1v) is 9.08. The number of aliphatic carboxylic acids is 1. The van der Waals surface area contributed by atoms with Crippen LogP contribution in [0.2, 0.25) is 0 Å². The van der Waals surface area contributed by atoms with Crippen molar-refractivity contribution < 1.29 is 19.4 Å². The molecular weight excluding hydrogens is 320 g/mol. The molecule has 2 N–H and O–H groups in total. The Morgan fingerprint density at radius 2 is 1.96 bits per heavy atom. The maximum atomic E-state index is 12.3. The molecule has 3 unspecified atom stereocenters. The maximum Gasteiger partial charge on any atom is 0.320 e. The van der Waals surface area contributed by atoms with Crippen molar-refractivity contribution in [2.45, 2.75) is 44.2 Å². The third-order valence-electron chi connectivity index (χ3n) is 5.27. The van der Waals surface area contributed by atoms with Crippen LogP contribution in [0.1, 0.15) is 32.1 Å². The quantitative estimate of drug-likeness (QED) is 0.737. The van der Waals surface area contributed by atoms with Crippen LogP contribution in [0.25, 0.3) is 0 Å². The molecule has 6 heteroatoms. The normalized spacial score (nSPS) is 26.0. The Hall–Kier alpha value is -2.08. The highest BCUT2D eigenvalue weighted by Gasteiger charge is 2.45. The van der Waals surface area contributed by atoms with Crippen molar-refractivity contribution in [3.63, 3.8) is 0 Å². The van der Waals surface area contributed by atoms with E-state index in [1.807, 2.05) is 35.2 Å². The van der Waals surface area contributed by atoms with Crippen LogP contribution >= 0.6 is 0 Å². The number of amides is 1. The van der Waals surface area contributed by atoms with Gasteiger partial charge in [-0.25, -0.2) is 0 Å². The highest BCUT2D eigenvalue weighted by Crippen LogP contribution is 2.39. The number of carboxylic acid groups (broad SMARTS) is 1. The number of ether oxygens (including phenoxy) is 1. The van der Waals surface area contributed by atoms with E-state index in [0.717, 1.165) is 25.0 Å². The second kappa shape index (κ2) is 8.34. The number of nitrogens with zero attached hydrogens (tertiary/aromatic N) is 1. The standard InChI is InChI=1S/C19H26N2O4/c22-18(20-10-11-25-15-7-2-1-3-8-15)13-21-16-9-5-4-6-14(16)12-17(21)19(23)24/h1-3,7-8,14,16-17H,4-6,9-13H2,(H,20,22)(H,23,24). The van der Waals surface area contributed by atoms with E-state index in [2.05, 4.69) is 5.32 Å². The number of nitrogens with one attached hydrogen (secondary N) is 1. The Balaban J connectivity index is 1.46. The van der Waals surface area contributed by atoms with Crippen LogP contribution in [0.5, 0.6) is 5.75 Å². The summed E-state index contributed by atoms with van der Waals surface area (Å²) in [7, 11) is 0. The van der Waals surface area contributed by atoms with Crippen LogP contribution in [0, 0.1) is 5.92 Å². The van der Waals surface area contributed by atoms with Crippen molar-refractivity contribution in [2.24, 2.45) is 5.92 Å². The lowest BCUT2D eigenvalue weighted by atomic mass is 9.85. The van der Waals surface area contributed by atoms with Gasteiger partial charge in [0.05, 0.1) is 13.1 Å². The first-order valence-electron chi connectivity index (χ1n) is 9.08. The minimum Gasteiger partial charge on any atom is -0.492 e. The summed E-state index contributed by atoms with van der Waals surface area (Å²) in [6, 6.07) is 9.16. The molecule has 3 rings (SSSR count). The Kier molecular flexibility index (Phi) is 5.91. The summed E-state index contributed by atoms with van der Waals surface area (Å²) >= 11 is 0. The zero-order valence-corrected chi connectivity index (χ0v) is 14.4. The van der Waals surface area contributed by atoms with Gasteiger partial charge in [-0.3, -0.25) is 14.5 Å². The van der Waals surface area contributed by atoms with Crippen molar-refractivity contribution in [3.8, 4) is 5.75 Å². The van der Waals surface area contributed by atoms with Gasteiger partial charge in [0.25, 0.3) is 0 Å². The molecule has 0 radical (unpaired) electrons. The molecule has 136 valence electrons. The highest BCUT2D eigenvalue weighted by atomic mass is 16.5. The van der Waals surface area contributed by atoms with E-state index in [1.165, 1.54) is 6.42 Å². The van der Waals surface area contributed by atoms with Crippen LogP contribution in [0.4, 0.5) is 0 Å². The number of rotatable bonds is 7. The van der Waals surface area contributed by atoms with E-state index in [0.29, 0.717) is 25.5 Å². The summed E-state index contributed by atoms with van der Waals surface area (Å²) in [5, 5.41) is 12.3. The van der Waals surface area contributed by atoms with Crippen molar-refractivity contribution in [2.75, 3.05) is 19.7 Å². The molecule has 1 aliphatic carbocycles. The van der Waals surface area contributed by atoms with Gasteiger partial charge in [-0.2, -0.15) is 0 Å². The summed E-state index contributed by atoms with van der Waals surface area (Å²) < 4.78 is 5.55. The largest absolute Gasteiger partial charge is 0.492 e. The lowest BCUT2D eigenvalue weighted by molar-refractivity contribution is -0.143. The van der Waals surface area contributed by atoms with Gasteiger partial charge in [-0.05, 0) is 37.3 Å². The number of likely N-dealkylation sites (tertiary alicyclic amines) is 1. The maximum absolute atomic E-state index is 12.3. The van der Waals surface area contributed by atoms with Gasteiger partial charge >= 0.3 is 5.97 Å². The van der Waals surface area contributed by atoms with Gasteiger partial charge in [0.2, 0.25) is 5.91 Å². The molecular formula is C19H26N2O4. The van der Waals surface area contributed by atoms with E-state index in [1.54, 1.807) is 0 Å². The molecule has 1 aromatic carbocycles. The molecule has 1 heterocycles. The molecule has 1 amide bonds. The number of carboxylic acids is 1. The summed E-state index contributed by atoms with van der Waals surface area (Å²) in [5.41, 5.74) is 0. The van der Waals surface area contributed by atoms with Crippen molar-refractivity contribution in [1.29, 1.82) is 0 Å². The van der Waals surface area contributed by atoms with Crippen LogP contribution in [-0.2, 0) is 9.59 Å². The smallest absolute Gasteiger partial charge is 0.320 e. The van der Waals surface area contributed by atoms with Crippen LogP contribution in [0.15, 0.2) is 30.3 Å². The highest BCUT2D eigenvalue weighted by molar-refractivity contribution is 5.80. The van der Waals surface area contributed by atoms with Gasteiger partial charge in [0.15, 0.2) is 0 Å². The van der Waals surface area contributed by atoms with Crippen LogP contribution < -0.4 is 10.1 Å². The third kappa shape index (κ3) is 4.51.